The van der Waals surface area contributed by atoms with Gasteiger partial charge in [0.2, 0.25) is 0 Å². The Bertz CT molecular complexity index is 441. The number of rotatable bonds is 10. The van der Waals surface area contributed by atoms with Gasteiger partial charge in [-0.15, -0.1) is 0 Å². The van der Waals surface area contributed by atoms with Gasteiger partial charge in [0.25, 0.3) is 0 Å². The van der Waals surface area contributed by atoms with Gasteiger partial charge in [0.15, 0.2) is 0 Å². The summed E-state index contributed by atoms with van der Waals surface area (Å²) in [6.45, 7) is 7.53. The largest absolute Gasteiger partial charge is 0.489 e. The van der Waals surface area contributed by atoms with Gasteiger partial charge in [-0.25, -0.2) is 0 Å². The summed E-state index contributed by atoms with van der Waals surface area (Å²) in [7, 11) is 0. The van der Waals surface area contributed by atoms with E-state index in [9.17, 15) is 5.11 Å². The summed E-state index contributed by atoms with van der Waals surface area (Å²) >= 11 is 11.9. The highest BCUT2D eigenvalue weighted by Crippen LogP contribution is 2.27. The maximum atomic E-state index is 10.0. The van der Waals surface area contributed by atoms with Crippen molar-refractivity contribution in [2.75, 3.05) is 13.2 Å². The number of ether oxygens (including phenoxy) is 1. The predicted octanol–water partition coefficient (Wildman–Crippen LogP) is 3.51. The molecule has 0 spiro atoms. The number of aliphatic hydroxyl groups is 1. The van der Waals surface area contributed by atoms with Crippen LogP contribution in [0.25, 0.3) is 0 Å². The first-order valence-electron chi connectivity index (χ1n) is 7.97. The molecule has 1 aromatic carbocycles. The summed E-state index contributed by atoms with van der Waals surface area (Å²) in [5.41, 5.74) is 0. The number of aliphatic hydroxyl groups excluding tert-OH is 1. The molecule has 0 aromatic heterocycles. The molecule has 0 aliphatic rings. The van der Waals surface area contributed by atoms with Gasteiger partial charge in [-0.2, -0.15) is 0 Å². The van der Waals surface area contributed by atoms with Gasteiger partial charge in [0, 0.05) is 11.1 Å². The van der Waals surface area contributed by atoms with Crippen LogP contribution in [0.4, 0.5) is 0 Å². The van der Waals surface area contributed by atoms with E-state index in [1.54, 1.807) is 18.2 Å². The molecule has 5 heteroatoms. The van der Waals surface area contributed by atoms with Crippen molar-refractivity contribution >= 4 is 23.2 Å². The fraction of sp³-hybridized carbons (Fsp3) is 0.647. The number of halogens is 2. The number of nitrogens with two attached hydrogens (primary N) is 1. The Balaban J connectivity index is 2.23. The normalized spacial score (nSPS) is 14.1. The van der Waals surface area contributed by atoms with Crippen molar-refractivity contribution in [3.8, 4) is 5.75 Å². The van der Waals surface area contributed by atoms with Crippen LogP contribution in [0.2, 0.25) is 10.0 Å². The standard InChI is InChI=1S/C17H27Cl2NO2/c1-12(2)5-4-6-13(3)20-10-15(21)11-22-17-9-14(18)7-8-16(17)19/h7-9,12-13,15,20-21H,4-6,10-11H2,1-3H3/p+1/t13-,15+/m1/s1. The molecular formula is C17H28Cl2NO2+. The molecule has 0 saturated heterocycles. The highest BCUT2D eigenvalue weighted by molar-refractivity contribution is 6.34. The number of hydrogen-bond donors (Lipinski definition) is 2. The summed E-state index contributed by atoms with van der Waals surface area (Å²) in [6, 6.07) is 5.58. The van der Waals surface area contributed by atoms with Crippen LogP contribution in [0, 0.1) is 5.92 Å². The lowest BCUT2D eigenvalue weighted by molar-refractivity contribution is -0.692. The van der Waals surface area contributed by atoms with E-state index in [4.69, 9.17) is 27.9 Å². The lowest BCUT2D eigenvalue weighted by Gasteiger charge is -2.16. The Labute approximate surface area is 144 Å². The number of benzene rings is 1. The first kappa shape index (κ1) is 19.6. The van der Waals surface area contributed by atoms with Crippen LogP contribution < -0.4 is 10.1 Å². The molecule has 1 aromatic rings. The van der Waals surface area contributed by atoms with Gasteiger partial charge >= 0.3 is 0 Å². The van der Waals surface area contributed by atoms with Crippen molar-refractivity contribution in [3.05, 3.63) is 28.2 Å². The maximum absolute atomic E-state index is 10.0. The Morgan fingerprint density at radius 3 is 2.59 bits per heavy atom. The number of hydrogen-bond acceptors (Lipinski definition) is 2. The van der Waals surface area contributed by atoms with Crippen molar-refractivity contribution < 1.29 is 15.2 Å². The second-order valence-electron chi connectivity index (χ2n) is 6.31. The molecule has 1 rings (SSSR count). The molecular weight excluding hydrogens is 321 g/mol. The zero-order valence-electron chi connectivity index (χ0n) is 13.7. The minimum Gasteiger partial charge on any atom is -0.489 e. The molecule has 0 aliphatic heterocycles. The lowest BCUT2D eigenvalue weighted by atomic mass is 10.0. The Morgan fingerprint density at radius 2 is 1.91 bits per heavy atom. The van der Waals surface area contributed by atoms with Gasteiger partial charge in [0.1, 0.15) is 25.0 Å². The van der Waals surface area contributed by atoms with E-state index in [-0.39, 0.29) is 6.61 Å². The SMILES string of the molecule is CC(C)CCC[C@@H](C)[NH2+]C[C@H](O)COc1cc(Cl)ccc1Cl. The first-order chi connectivity index (χ1) is 10.4. The van der Waals surface area contributed by atoms with Crippen molar-refractivity contribution in [2.45, 2.75) is 52.2 Å². The molecule has 2 atom stereocenters. The van der Waals surface area contributed by atoms with Crippen LogP contribution >= 0.6 is 23.2 Å². The molecule has 3 N–H and O–H groups in total. The van der Waals surface area contributed by atoms with Crippen LogP contribution in [0.1, 0.15) is 40.0 Å². The third-order valence-corrected chi connectivity index (χ3v) is 4.12. The quantitative estimate of drug-likeness (QED) is 0.679. The molecule has 126 valence electrons. The molecule has 0 aliphatic carbocycles. The van der Waals surface area contributed by atoms with Gasteiger partial charge in [-0.3, -0.25) is 0 Å². The van der Waals surface area contributed by atoms with Crippen LogP contribution in [0.3, 0.4) is 0 Å². The van der Waals surface area contributed by atoms with Gasteiger partial charge in [0.05, 0.1) is 11.1 Å². The average molecular weight is 349 g/mol. The summed E-state index contributed by atoms with van der Waals surface area (Å²) in [6.07, 6.45) is 3.14. The second kappa shape index (κ2) is 10.3. The van der Waals surface area contributed by atoms with Crippen molar-refractivity contribution in [1.29, 1.82) is 0 Å². The molecule has 22 heavy (non-hydrogen) atoms. The molecule has 0 unspecified atom stereocenters. The molecule has 0 amide bonds. The average Bonchev–Trinajstić information content (AvgIpc) is 2.45. The zero-order chi connectivity index (χ0) is 16.5. The maximum Gasteiger partial charge on any atom is 0.139 e. The third kappa shape index (κ3) is 8.23. The van der Waals surface area contributed by atoms with E-state index < -0.39 is 6.10 Å². The summed E-state index contributed by atoms with van der Waals surface area (Å²) < 4.78 is 5.54. The van der Waals surface area contributed by atoms with Gasteiger partial charge < -0.3 is 15.2 Å². The number of quaternary nitrogens is 1. The first-order valence-corrected chi connectivity index (χ1v) is 8.73. The monoisotopic (exact) mass is 348 g/mol. The van der Waals surface area contributed by atoms with Crippen molar-refractivity contribution in [3.63, 3.8) is 0 Å². The molecule has 0 radical (unpaired) electrons. The Hall–Kier alpha value is -0.480. The summed E-state index contributed by atoms with van der Waals surface area (Å²) in [5, 5.41) is 13.2. The van der Waals surface area contributed by atoms with E-state index >= 15 is 0 Å². The van der Waals surface area contributed by atoms with E-state index in [0.29, 0.717) is 28.4 Å². The van der Waals surface area contributed by atoms with Crippen LogP contribution in [0.5, 0.6) is 5.75 Å². The van der Waals surface area contributed by atoms with Crippen molar-refractivity contribution in [2.24, 2.45) is 5.92 Å². The minimum atomic E-state index is -0.525. The molecule has 3 nitrogen and oxygen atoms in total. The van der Waals surface area contributed by atoms with E-state index in [1.165, 1.54) is 19.3 Å². The smallest absolute Gasteiger partial charge is 0.139 e. The van der Waals surface area contributed by atoms with Crippen LogP contribution in [-0.2, 0) is 0 Å². The molecule has 0 bridgehead atoms. The third-order valence-electron chi connectivity index (χ3n) is 3.58. The topological polar surface area (TPSA) is 46.1 Å². The Kier molecular flexibility index (Phi) is 9.18. The highest BCUT2D eigenvalue weighted by atomic mass is 35.5. The molecule has 0 fully saturated rings. The fourth-order valence-electron chi connectivity index (χ4n) is 2.20. The van der Waals surface area contributed by atoms with Crippen LogP contribution in [-0.4, -0.2) is 30.4 Å². The molecule has 0 heterocycles. The van der Waals surface area contributed by atoms with E-state index in [0.717, 1.165) is 5.92 Å². The highest BCUT2D eigenvalue weighted by Gasteiger charge is 2.12. The van der Waals surface area contributed by atoms with E-state index in [2.05, 4.69) is 26.1 Å². The second-order valence-corrected chi connectivity index (χ2v) is 7.16. The lowest BCUT2D eigenvalue weighted by Crippen LogP contribution is -2.91. The zero-order valence-corrected chi connectivity index (χ0v) is 15.2. The summed E-state index contributed by atoms with van der Waals surface area (Å²) in [4.78, 5) is 0. The van der Waals surface area contributed by atoms with Gasteiger partial charge in [-0.1, -0.05) is 43.5 Å². The van der Waals surface area contributed by atoms with E-state index in [1.807, 2.05) is 0 Å². The van der Waals surface area contributed by atoms with Crippen LogP contribution in [0.15, 0.2) is 18.2 Å². The Morgan fingerprint density at radius 1 is 1.18 bits per heavy atom. The predicted molar refractivity (Wildman–Crippen MR) is 92.9 cm³/mol. The van der Waals surface area contributed by atoms with Crippen molar-refractivity contribution in [1.82, 2.24) is 0 Å². The van der Waals surface area contributed by atoms with Gasteiger partial charge in [-0.05, 0) is 37.8 Å². The molecule has 0 saturated carbocycles. The fourth-order valence-corrected chi connectivity index (χ4v) is 2.53. The minimum absolute atomic E-state index is 0.218. The summed E-state index contributed by atoms with van der Waals surface area (Å²) in [5.74, 6) is 1.27.